The Bertz CT molecular complexity index is 426. The number of carbonyl (C=O) groups excluding carboxylic acids is 1. The first-order valence-corrected chi connectivity index (χ1v) is 6.68. The van der Waals surface area contributed by atoms with Crippen LogP contribution < -0.4 is 0 Å². The molecule has 19 heavy (non-hydrogen) atoms. The highest BCUT2D eigenvalue weighted by atomic mass is 35.5. The molecule has 1 aliphatic heterocycles. The molecule has 1 fully saturated rings. The number of β-amino-alcohol motifs (C(OH)–C–C–N with tert-alkyl or cyclic N) is 1. The predicted octanol–water partition coefficient (Wildman–Crippen LogP) is 0.270. The molecule has 2 rings (SSSR count). The van der Waals surface area contributed by atoms with Crippen molar-refractivity contribution in [2.75, 3.05) is 39.3 Å². The Labute approximate surface area is 117 Å². The minimum atomic E-state index is -0.116. The zero-order valence-electron chi connectivity index (χ0n) is 10.6. The second kappa shape index (κ2) is 6.79. The molecule has 0 aliphatic carbocycles. The second-order valence-corrected chi connectivity index (χ2v) is 4.82. The van der Waals surface area contributed by atoms with Gasteiger partial charge in [-0.1, -0.05) is 11.6 Å². The van der Waals surface area contributed by atoms with Crippen LogP contribution in [0.2, 0.25) is 5.15 Å². The Kier molecular flexibility index (Phi) is 5.07. The van der Waals surface area contributed by atoms with Gasteiger partial charge in [0, 0.05) is 26.2 Å². The lowest BCUT2D eigenvalue weighted by atomic mass is 10.3. The first kappa shape index (κ1) is 14.2. The Morgan fingerprint density at radius 2 is 2.11 bits per heavy atom. The lowest BCUT2D eigenvalue weighted by molar-refractivity contribution is 0.0754. The van der Waals surface area contributed by atoms with E-state index in [4.69, 9.17) is 16.7 Å². The van der Waals surface area contributed by atoms with E-state index in [0.717, 1.165) is 19.5 Å². The van der Waals surface area contributed by atoms with E-state index in [1.54, 1.807) is 4.90 Å². The summed E-state index contributed by atoms with van der Waals surface area (Å²) in [5.41, 5.74) is 0.319. The summed E-state index contributed by atoms with van der Waals surface area (Å²) in [7, 11) is 0. The molecule has 7 heteroatoms. The van der Waals surface area contributed by atoms with Crippen molar-refractivity contribution in [1.82, 2.24) is 19.8 Å². The Balaban J connectivity index is 1.98. The monoisotopic (exact) mass is 284 g/mol. The summed E-state index contributed by atoms with van der Waals surface area (Å²) in [6, 6.07) is 0. The molecule has 0 spiro atoms. The smallest absolute Gasteiger partial charge is 0.274 e. The van der Waals surface area contributed by atoms with Crippen LogP contribution in [0.4, 0.5) is 0 Å². The van der Waals surface area contributed by atoms with Crippen LogP contribution in [0.25, 0.3) is 0 Å². The maximum Gasteiger partial charge on any atom is 0.274 e. The van der Waals surface area contributed by atoms with E-state index in [1.807, 2.05) is 0 Å². The molecule has 104 valence electrons. The number of aliphatic hydroxyl groups is 1. The Morgan fingerprint density at radius 3 is 2.79 bits per heavy atom. The average molecular weight is 285 g/mol. The summed E-state index contributed by atoms with van der Waals surface area (Å²) in [4.78, 5) is 24.0. The number of aliphatic hydroxyl groups excluding tert-OH is 1. The van der Waals surface area contributed by atoms with Gasteiger partial charge in [0.25, 0.3) is 5.91 Å². The zero-order valence-corrected chi connectivity index (χ0v) is 11.4. The number of nitrogens with zero attached hydrogens (tertiary/aromatic N) is 4. The molecule has 1 aromatic rings. The Hall–Kier alpha value is -1.24. The summed E-state index contributed by atoms with van der Waals surface area (Å²) in [5.74, 6) is -0.116. The molecule has 1 aromatic heterocycles. The van der Waals surface area contributed by atoms with Gasteiger partial charge in [-0.3, -0.25) is 9.69 Å². The standard InChI is InChI=1S/C12H17ClN4O2/c13-11-9-14-10(8-15-11)12(19)17-3-1-2-16(4-5-17)6-7-18/h8-9,18H,1-7H2. The highest BCUT2D eigenvalue weighted by Crippen LogP contribution is 2.08. The second-order valence-electron chi connectivity index (χ2n) is 4.44. The molecule has 1 N–H and O–H groups in total. The largest absolute Gasteiger partial charge is 0.395 e. The van der Waals surface area contributed by atoms with E-state index in [1.165, 1.54) is 12.4 Å². The molecular weight excluding hydrogens is 268 g/mol. The third kappa shape index (κ3) is 3.86. The first-order chi connectivity index (χ1) is 9.20. The lowest BCUT2D eigenvalue weighted by Crippen LogP contribution is -2.36. The number of carbonyl (C=O) groups is 1. The van der Waals surface area contributed by atoms with Gasteiger partial charge in [-0.2, -0.15) is 0 Å². The molecule has 1 amide bonds. The molecule has 2 heterocycles. The van der Waals surface area contributed by atoms with Crippen LogP contribution in [0, 0.1) is 0 Å². The Morgan fingerprint density at radius 1 is 1.26 bits per heavy atom. The molecule has 0 atom stereocenters. The molecule has 6 nitrogen and oxygen atoms in total. The van der Waals surface area contributed by atoms with Gasteiger partial charge in [0.1, 0.15) is 10.8 Å². The van der Waals surface area contributed by atoms with Crippen molar-refractivity contribution in [3.63, 3.8) is 0 Å². The van der Waals surface area contributed by atoms with E-state index in [2.05, 4.69) is 14.9 Å². The van der Waals surface area contributed by atoms with Crippen molar-refractivity contribution >= 4 is 17.5 Å². The maximum atomic E-state index is 12.2. The summed E-state index contributed by atoms with van der Waals surface area (Å²) >= 11 is 5.65. The van der Waals surface area contributed by atoms with Crippen molar-refractivity contribution in [2.45, 2.75) is 6.42 Å². The lowest BCUT2D eigenvalue weighted by Gasteiger charge is -2.21. The number of hydrogen-bond acceptors (Lipinski definition) is 5. The van der Waals surface area contributed by atoms with Gasteiger partial charge >= 0.3 is 0 Å². The quantitative estimate of drug-likeness (QED) is 0.863. The highest BCUT2D eigenvalue weighted by Gasteiger charge is 2.21. The van der Waals surface area contributed by atoms with Gasteiger partial charge in [-0.15, -0.1) is 0 Å². The van der Waals surface area contributed by atoms with Gasteiger partial charge in [-0.25, -0.2) is 9.97 Å². The number of aromatic nitrogens is 2. The highest BCUT2D eigenvalue weighted by molar-refractivity contribution is 6.29. The van der Waals surface area contributed by atoms with Crippen molar-refractivity contribution < 1.29 is 9.90 Å². The van der Waals surface area contributed by atoms with Gasteiger partial charge in [0.15, 0.2) is 0 Å². The summed E-state index contributed by atoms with van der Waals surface area (Å²) in [5, 5.41) is 9.22. The number of hydrogen-bond donors (Lipinski definition) is 1. The maximum absolute atomic E-state index is 12.2. The van der Waals surface area contributed by atoms with Crippen molar-refractivity contribution in [2.24, 2.45) is 0 Å². The van der Waals surface area contributed by atoms with E-state index in [9.17, 15) is 4.79 Å². The van der Waals surface area contributed by atoms with E-state index in [0.29, 0.717) is 25.3 Å². The molecular formula is C12H17ClN4O2. The van der Waals surface area contributed by atoms with Crippen LogP contribution >= 0.6 is 11.6 Å². The fraction of sp³-hybridized carbons (Fsp3) is 0.583. The first-order valence-electron chi connectivity index (χ1n) is 6.31. The number of rotatable bonds is 3. The van der Waals surface area contributed by atoms with Crippen LogP contribution in [-0.4, -0.2) is 70.1 Å². The van der Waals surface area contributed by atoms with E-state index in [-0.39, 0.29) is 17.7 Å². The van der Waals surface area contributed by atoms with E-state index >= 15 is 0 Å². The molecule has 0 radical (unpaired) electrons. The minimum absolute atomic E-state index is 0.116. The molecule has 1 aliphatic rings. The molecule has 1 saturated heterocycles. The summed E-state index contributed by atoms with van der Waals surface area (Å²) in [6.07, 6.45) is 3.68. The molecule has 0 unspecified atom stereocenters. The normalized spacial score (nSPS) is 17.3. The van der Waals surface area contributed by atoms with Crippen LogP contribution in [0.5, 0.6) is 0 Å². The van der Waals surface area contributed by atoms with Crippen molar-refractivity contribution in [3.8, 4) is 0 Å². The van der Waals surface area contributed by atoms with Crippen LogP contribution in [0.15, 0.2) is 12.4 Å². The van der Waals surface area contributed by atoms with Crippen molar-refractivity contribution in [3.05, 3.63) is 23.2 Å². The topological polar surface area (TPSA) is 69.6 Å². The minimum Gasteiger partial charge on any atom is -0.395 e. The van der Waals surface area contributed by atoms with Gasteiger partial charge in [-0.05, 0) is 13.0 Å². The van der Waals surface area contributed by atoms with Crippen LogP contribution in [-0.2, 0) is 0 Å². The number of halogens is 1. The molecule has 0 bridgehead atoms. The average Bonchev–Trinajstić information content (AvgIpc) is 2.65. The molecule has 0 aromatic carbocycles. The molecule has 0 saturated carbocycles. The third-order valence-corrected chi connectivity index (χ3v) is 3.33. The summed E-state index contributed by atoms with van der Waals surface area (Å²) in [6.45, 7) is 3.82. The fourth-order valence-corrected chi connectivity index (χ4v) is 2.22. The third-order valence-electron chi connectivity index (χ3n) is 3.13. The van der Waals surface area contributed by atoms with Crippen LogP contribution in [0.3, 0.4) is 0 Å². The van der Waals surface area contributed by atoms with Gasteiger partial charge in [0.2, 0.25) is 0 Å². The number of amides is 1. The van der Waals surface area contributed by atoms with Gasteiger partial charge < -0.3 is 10.0 Å². The zero-order chi connectivity index (χ0) is 13.7. The SMILES string of the molecule is O=C(c1cnc(Cl)cn1)N1CCCN(CCO)CC1. The summed E-state index contributed by atoms with van der Waals surface area (Å²) < 4.78 is 0. The predicted molar refractivity (Wildman–Crippen MR) is 71.1 cm³/mol. The van der Waals surface area contributed by atoms with E-state index < -0.39 is 0 Å². The van der Waals surface area contributed by atoms with Gasteiger partial charge in [0.05, 0.1) is 19.0 Å². The fourth-order valence-electron chi connectivity index (χ4n) is 2.12. The van der Waals surface area contributed by atoms with Crippen LogP contribution in [0.1, 0.15) is 16.9 Å². The van der Waals surface area contributed by atoms with Crippen molar-refractivity contribution in [1.29, 1.82) is 0 Å².